The number of anilines is 2. The molecule has 0 amide bonds. The van der Waals surface area contributed by atoms with Crippen molar-refractivity contribution >= 4 is 17.6 Å². The number of hydrogen-bond donors (Lipinski definition) is 1. The molecule has 1 aromatic heterocycles. The highest BCUT2D eigenvalue weighted by molar-refractivity contribution is 5.91. The molecule has 0 fully saturated rings. The van der Waals surface area contributed by atoms with E-state index in [9.17, 15) is 4.79 Å². The fraction of sp³-hybridized carbons (Fsp3) is 0.105. The molecular formula is C19H17N3O2. The molecule has 0 aliphatic rings. The number of rotatable bonds is 4. The molecule has 1 heterocycles. The molecule has 0 atom stereocenters. The van der Waals surface area contributed by atoms with Crippen LogP contribution in [-0.2, 0) is 0 Å². The minimum atomic E-state index is -0.393. The lowest BCUT2D eigenvalue weighted by molar-refractivity contribution is 0.0735. The first-order valence-corrected chi connectivity index (χ1v) is 7.57. The fourth-order valence-corrected chi connectivity index (χ4v) is 2.29. The molecule has 3 rings (SSSR count). The molecule has 1 N–H and O–H groups in total. The molecule has 24 heavy (non-hydrogen) atoms. The summed E-state index contributed by atoms with van der Waals surface area (Å²) in [6, 6.07) is 17.9. The maximum Gasteiger partial charge on any atom is 0.343 e. The second kappa shape index (κ2) is 6.91. The molecule has 5 nitrogen and oxygen atoms in total. The van der Waals surface area contributed by atoms with Gasteiger partial charge in [0.25, 0.3) is 0 Å². The third kappa shape index (κ3) is 3.95. The van der Waals surface area contributed by atoms with Crippen molar-refractivity contribution in [3.8, 4) is 5.75 Å². The van der Waals surface area contributed by atoms with Gasteiger partial charge in [0.1, 0.15) is 5.75 Å². The van der Waals surface area contributed by atoms with Crippen LogP contribution in [0.5, 0.6) is 5.75 Å². The predicted molar refractivity (Wildman–Crippen MR) is 92.6 cm³/mol. The van der Waals surface area contributed by atoms with Crippen LogP contribution in [0.15, 0.2) is 60.7 Å². The number of ether oxygens (including phenoxy) is 1. The van der Waals surface area contributed by atoms with Crippen LogP contribution < -0.4 is 10.1 Å². The SMILES string of the molecule is Cc1cc(C)nc(Nc2cccc(OC(=O)c3ccccc3)c2)n1. The van der Waals surface area contributed by atoms with Crippen LogP contribution in [0.3, 0.4) is 0 Å². The number of nitrogens with zero attached hydrogens (tertiary/aromatic N) is 2. The Balaban J connectivity index is 1.75. The van der Waals surface area contributed by atoms with Gasteiger partial charge in [-0.1, -0.05) is 24.3 Å². The number of carbonyl (C=O) groups is 1. The minimum absolute atomic E-state index is 0.393. The summed E-state index contributed by atoms with van der Waals surface area (Å²) in [5, 5.41) is 3.13. The molecule has 120 valence electrons. The Morgan fingerprint density at radius 1 is 0.917 bits per heavy atom. The number of hydrogen-bond acceptors (Lipinski definition) is 5. The maximum absolute atomic E-state index is 12.1. The molecule has 0 radical (unpaired) electrons. The van der Waals surface area contributed by atoms with Crippen molar-refractivity contribution in [2.45, 2.75) is 13.8 Å². The topological polar surface area (TPSA) is 64.1 Å². The van der Waals surface area contributed by atoms with E-state index in [-0.39, 0.29) is 0 Å². The largest absolute Gasteiger partial charge is 0.423 e. The van der Waals surface area contributed by atoms with Gasteiger partial charge in [0.05, 0.1) is 5.56 Å². The Morgan fingerprint density at radius 2 is 1.62 bits per heavy atom. The normalized spacial score (nSPS) is 10.2. The quantitative estimate of drug-likeness (QED) is 0.580. The summed E-state index contributed by atoms with van der Waals surface area (Å²) in [5.74, 6) is 0.577. The molecule has 0 spiro atoms. The van der Waals surface area contributed by atoms with E-state index in [1.54, 1.807) is 42.5 Å². The van der Waals surface area contributed by atoms with Gasteiger partial charge in [-0.2, -0.15) is 0 Å². The Hall–Kier alpha value is -3.21. The van der Waals surface area contributed by atoms with Gasteiger partial charge in [0.15, 0.2) is 0 Å². The van der Waals surface area contributed by atoms with Crippen molar-refractivity contribution in [3.05, 3.63) is 77.6 Å². The van der Waals surface area contributed by atoms with Crippen molar-refractivity contribution in [2.24, 2.45) is 0 Å². The molecule has 2 aromatic carbocycles. The van der Waals surface area contributed by atoms with Crippen LogP contribution in [-0.4, -0.2) is 15.9 Å². The van der Waals surface area contributed by atoms with Crippen molar-refractivity contribution in [2.75, 3.05) is 5.32 Å². The molecule has 0 unspecified atom stereocenters. The van der Waals surface area contributed by atoms with Crippen molar-refractivity contribution in [1.29, 1.82) is 0 Å². The van der Waals surface area contributed by atoms with Crippen LogP contribution in [0.4, 0.5) is 11.6 Å². The smallest absolute Gasteiger partial charge is 0.343 e. The average Bonchev–Trinajstić information content (AvgIpc) is 2.55. The summed E-state index contributed by atoms with van der Waals surface area (Å²) < 4.78 is 5.41. The second-order valence-corrected chi connectivity index (χ2v) is 5.38. The van der Waals surface area contributed by atoms with E-state index in [4.69, 9.17) is 4.74 Å². The Morgan fingerprint density at radius 3 is 2.33 bits per heavy atom. The van der Waals surface area contributed by atoms with Gasteiger partial charge in [-0.25, -0.2) is 14.8 Å². The number of benzene rings is 2. The first-order valence-electron chi connectivity index (χ1n) is 7.57. The summed E-state index contributed by atoms with van der Waals surface area (Å²) in [4.78, 5) is 20.8. The molecular weight excluding hydrogens is 302 g/mol. The van der Waals surface area contributed by atoms with Gasteiger partial charge >= 0.3 is 5.97 Å². The second-order valence-electron chi connectivity index (χ2n) is 5.38. The monoisotopic (exact) mass is 319 g/mol. The van der Waals surface area contributed by atoms with Crippen LogP contribution in [0.25, 0.3) is 0 Å². The van der Waals surface area contributed by atoms with Crippen LogP contribution in [0.1, 0.15) is 21.7 Å². The lowest BCUT2D eigenvalue weighted by atomic mass is 10.2. The van der Waals surface area contributed by atoms with Crippen molar-refractivity contribution in [1.82, 2.24) is 9.97 Å². The van der Waals surface area contributed by atoms with E-state index in [0.717, 1.165) is 17.1 Å². The van der Waals surface area contributed by atoms with E-state index >= 15 is 0 Å². The lowest BCUT2D eigenvalue weighted by Gasteiger charge is -2.09. The van der Waals surface area contributed by atoms with Gasteiger partial charge in [0, 0.05) is 23.1 Å². The number of aromatic nitrogens is 2. The van der Waals surface area contributed by atoms with Gasteiger partial charge in [-0.3, -0.25) is 0 Å². The van der Waals surface area contributed by atoms with Gasteiger partial charge in [0.2, 0.25) is 5.95 Å². The van der Waals surface area contributed by atoms with E-state index < -0.39 is 5.97 Å². The number of esters is 1. The van der Waals surface area contributed by atoms with E-state index in [1.807, 2.05) is 32.0 Å². The van der Waals surface area contributed by atoms with Gasteiger partial charge < -0.3 is 10.1 Å². The molecule has 0 saturated carbocycles. The van der Waals surface area contributed by atoms with Crippen molar-refractivity contribution < 1.29 is 9.53 Å². The highest BCUT2D eigenvalue weighted by Crippen LogP contribution is 2.21. The van der Waals surface area contributed by atoms with Gasteiger partial charge in [-0.05, 0) is 44.2 Å². The Kier molecular flexibility index (Phi) is 4.52. The van der Waals surface area contributed by atoms with E-state index in [1.165, 1.54) is 0 Å². The summed E-state index contributed by atoms with van der Waals surface area (Å²) in [6.45, 7) is 3.83. The van der Waals surface area contributed by atoms with E-state index in [2.05, 4.69) is 15.3 Å². The molecule has 0 saturated heterocycles. The van der Waals surface area contributed by atoms with Gasteiger partial charge in [-0.15, -0.1) is 0 Å². The third-order valence-electron chi connectivity index (χ3n) is 3.29. The third-order valence-corrected chi connectivity index (χ3v) is 3.29. The standard InChI is InChI=1S/C19H17N3O2/c1-13-11-14(2)21-19(20-13)22-16-9-6-10-17(12-16)24-18(23)15-7-4-3-5-8-15/h3-12H,1-2H3,(H,20,21,22). The van der Waals surface area contributed by atoms with Crippen LogP contribution in [0, 0.1) is 13.8 Å². The van der Waals surface area contributed by atoms with Crippen molar-refractivity contribution in [3.63, 3.8) is 0 Å². The summed E-state index contributed by atoms with van der Waals surface area (Å²) in [7, 11) is 0. The summed E-state index contributed by atoms with van der Waals surface area (Å²) >= 11 is 0. The Labute approximate surface area is 140 Å². The highest BCUT2D eigenvalue weighted by atomic mass is 16.5. The highest BCUT2D eigenvalue weighted by Gasteiger charge is 2.08. The zero-order valence-corrected chi connectivity index (χ0v) is 13.5. The minimum Gasteiger partial charge on any atom is -0.423 e. The summed E-state index contributed by atoms with van der Waals surface area (Å²) in [6.07, 6.45) is 0. The Bertz CT molecular complexity index is 843. The number of aryl methyl sites for hydroxylation is 2. The summed E-state index contributed by atoms with van der Waals surface area (Å²) in [5.41, 5.74) is 3.03. The fourth-order valence-electron chi connectivity index (χ4n) is 2.29. The molecule has 0 bridgehead atoms. The average molecular weight is 319 g/mol. The van der Waals surface area contributed by atoms with Crippen LogP contribution >= 0.6 is 0 Å². The lowest BCUT2D eigenvalue weighted by Crippen LogP contribution is -2.08. The number of nitrogens with one attached hydrogen (secondary N) is 1. The number of carbonyl (C=O) groups excluding carboxylic acids is 1. The van der Waals surface area contributed by atoms with Crippen LogP contribution in [0.2, 0.25) is 0 Å². The predicted octanol–water partition coefficient (Wildman–Crippen LogP) is 4.06. The zero-order chi connectivity index (χ0) is 16.9. The zero-order valence-electron chi connectivity index (χ0n) is 13.5. The first kappa shape index (κ1) is 15.7. The maximum atomic E-state index is 12.1. The molecule has 5 heteroatoms. The molecule has 0 aliphatic carbocycles. The molecule has 0 aliphatic heterocycles. The first-order chi connectivity index (χ1) is 11.6. The van der Waals surface area contributed by atoms with E-state index in [0.29, 0.717) is 17.3 Å². The molecule has 3 aromatic rings.